The maximum Gasteiger partial charge on any atom is 0.245 e. The highest BCUT2D eigenvalue weighted by Gasteiger charge is 2.41. The predicted octanol–water partition coefficient (Wildman–Crippen LogP) is 1.75. The number of carbonyl (C=O) groups is 1. The van der Waals surface area contributed by atoms with E-state index < -0.39 is 5.54 Å². The van der Waals surface area contributed by atoms with E-state index in [2.05, 4.69) is 20.6 Å². The lowest BCUT2D eigenvalue weighted by Crippen LogP contribution is -2.57. The van der Waals surface area contributed by atoms with Crippen LogP contribution in [0.4, 0.5) is 10.2 Å². The maximum absolute atomic E-state index is 13.0. The Morgan fingerprint density at radius 3 is 2.48 bits per heavy atom. The van der Waals surface area contributed by atoms with Gasteiger partial charge in [-0.25, -0.2) is 4.39 Å². The number of halogens is 1. The zero-order chi connectivity index (χ0) is 17.9. The molecule has 2 heterocycles. The number of aromatic nitrogens is 2. The number of anilines is 1. The summed E-state index contributed by atoms with van der Waals surface area (Å²) in [6.45, 7) is 2.33. The molecule has 1 aliphatic rings. The minimum Gasteiger partial charge on any atom is -0.357 e. The second kappa shape index (κ2) is 7.23. The van der Waals surface area contributed by atoms with Gasteiger partial charge in [-0.05, 0) is 30.5 Å². The lowest BCUT2D eigenvalue weighted by molar-refractivity contribution is -0.126. The second-order valence-electron chi connectivity index (χ2n) is 6.53. The highest BCUT2D eigenvalue weighted by atomic mass is 19.1. The van der Waals surface area contributed by atoms with Crippen molar-refractivity contribution in [3.8, 4) is 0 Å². The molecule has 1 fully saturated rings. The average Bonchev–Trinajstić information content (AvgIpc) is 3.02. The van der Waals surface area contributed by atoms with Crippen LogP contribution in [0, 0.1) is 5.82 Å². The van der Waals surface area contributed by atoms with Gasteiger partial charge in [0, 0.05) is 39.8 Å². The van der Waals surface area contributed by atoms with Gasteiger partial charge in [0.2, 0.25) is 5.91 Å². The maximum atomic E-state index is 13.0. The topological polar surface area (TPSA) is 62.2 Å². The molecule has 0 atom stereocenters. The van der Waals surface area contributed by atoms with Crippen LogP contribution in [0.1, 0.15) is 18.4 Å². The van der Waals surface area contributed by atoms with E-state index in [0.717, 1.165) is 31.0 Å². The predicted molar refractivity (Wildman–Crippen MR) is 94.5 cm³/mol. The number of hydrogen-bond acceptors (Lipinski definition) is 4. The van der Waals surface area contributed by atoms with Crippen LogP contribution in [0.3, 0.4) is 0 Å². The van der Waals surface area contributed by atoms with E-state index >= 15 is 0 Å². The van der Waals surface area contributed by atoms with Crippen LogP contribution in [-0.4, -0.2) is 46.3 Å². The third kappa shape index (κ3) is 3.82. The normalized spacial score (nSPS) is 17.2. The molecule has 1 aromatic heterocycles. The van der Waals surface area contributed by atoms with Crippen LogP contribution in [-0.2, 0) is 18.4 Å². The van der Waals surface area contributed by atoms with Crippen molar-refractivity contribution >= 4 is 11.7 Å². The SMILES string of the molecule is CNC(=O)C1(Nc2ccnn2C)CCN(Cc2ccc(F)cc2)CC1. The molecule has 7 heteroatoms. The van der Waals surface area contributed by atoms with Crippen molar-refractivity contribution in [2.45, 2.75) is 24.9 Å². The Kier molecular flexibility index (Phi) is 5.03. The largest absolute Gasteiger partial charge is 0.357 e. The molecule has 2 N–H and O–H groups in total. The summed E-state index contributed by atoms with van der Waals surface area (Å²) in [6.07, 6.45) is 3.10. The number of piperidine rings is 1. The van der Waals surface area contributed by atoms with Gasteiger partial charge < -0.3 is 10.6 Å². The van der Waals surface area contributed by atoms with Gasteiger partial charge in [0.1, 0.15) is 17.2 Å². The van der Waals surface area contributed by atoms with Gasteiger partial charge in [-0.2, -0.15) is 5.10 Å². The number of benzene rings is 1. The first-order valence-electron chi connectivity index (χ1n) is 8.47. The van der Waals surface area contributed by atoms with Gasteiger partial charge in [-0.1, -0.05) is 12.1 Å². The molecule has 134 valence electrons. The summed E-state index contributed by atoms with van der Waals surface area (Å²) >= 11 is 0. The van der Waals surface area contributed by atoms with Gasteiger partial charge in [0.25, 0.3) is 0 Å². The monoisotopic (exact) mass is 345 g/mol. The lowest BCUT2D eigenvalue weighted by Gasteiger charge is -2.41. The molecule has 0 bridgehead atoms. The van der Waals surface area contributed by atoms with Crippen molar-refractivity contribution in [3.05, 3.63) is 47.9 Å². The first-order chi connectivity index (χ1) is 12.0. The van der Waals surface area contributed by atoms with Crippen LogP contribution < -0.4 is 10.6 Å². The molecule has 1 amide bonds. The smallest absolute Gasteiger partial charge is 0.245 e. The molecule has 6 nitrogen and oxygen atoms in total. The van der Waals surface area contributed by atoms with E-state index in [0.29, 0.717) is 12.8 Å². The van der Waals surface area contributed by atoms with Gasteiger partial charge in [-0.15, -0.1) is 0 Å². The van der Waals surface area contributed by atoms with E-state index in [1.807, 2.05) is 25.2 Å². The third-order valence-corrected chi connectivity index (χ3v) is 4.88. The highest BCUT2D eigenvalue weighted by molar-refractivity contribution is 5.89. The quantitative estimate of drug-likeness (QED) is 0.867. The fourth-order valence-electron chi connectivity index (χ4n) is 3.33. The summed E-state index contributed by atoms with van der Waals surface area (Å²) in [5.74, 6) is 0.604. The average molecular weight is 345 g/mol. The Hall–Kier alpha value is -2.41. The lowest BCUT2D eigenvalue weighted by atomic mass is 9.86. The van der Waals surface area contributed by atoms with E-state index in [9.17, 15) is 9.18 Å². The molecule has 0 unspecified atom stereocenters. The molecule has 0 radical (unpaired) electrons. The molecular formula is C18H24FN5O. The Bertz CT molecular complexity index is 719. The summed E-state index contributed by atoms with van der Waals surface area (Å²) < 4.78 is 14.8. The number of amides is 1. The van der Waals surface area contributed by atoms with E-state index in [1.54, 1.807) is 17.9 Å². The second-order valence-corrected chi connectivity index (χ2v) is 6.53. The summed E-state index contributed by atoms with van der Waals surface area (Å²) in [4.78, 5) is 14.9. The molecule has 0 aliphatic carbocycles. The molecule has 1 aromatic carbocycles. The van der Waals surface area contributed by atoms with Crippen LogP contribution >= 0.6 is 0 Å². The highest BCUT2D eigenvalue weighted by Crippen LogP contribution is 2.28. The van der Waals surface area contributed by atoms with Gasteiger partial charge in [-0.3, -0.25) is 14.4 Å². The van der Waals surface area contributed by atoms with Crippen molar-refractivity contribution in [2.75, 3.05) is 25.5 Å². The van der Waals surface area contributed by atoms with Crippen molar-refractivity contribution in [3.63, 3.8) is 0 Å². The third-order valence-electron chi connectivity index (χ3n) is 4.88. The number of rotatable bonds is 5. The fraction of sp³-hybridized carbons (Fsp3) is 0.444. The number of likely N-dealkylation sites (tertiary alicyclic amines) is 1. The number of carbonyl (C=O) groups excluding carboxylic acids is 1. The van der Waals surface area contributed by atoms with E-state index in [4.69, 9.17) is 0 Å². The van der Waals surface area contributed by atoms with Gasteiger partial charge in [0.05, 0.1) is 6.20 Å². The first-order valence-corrected chi connectivity index (χ1v) is 8.47. The summed E-state index contributed by atoms with van der Waals surface area (Å²) in [5.41, 5.74) is 0.440. The summed E-state index contributed by atoms with van der Waals surface area (Å²) in [7, 11) is 3.52. The van der Waals surface area contributed by atoms with Crippen molar-refractivity contribution in [1.82, 2.24) is 20.0 Å². The van der Waals surface area contributed by atoms with Crippen molar-refractivity contribution in [2.24, 2.45) is 7.05 Å². The van der Waals surface area contributed by atoms with Gasteiger partial charge >= 0.3 is 0 Å². The fourth-order valence-corrected chi connectivity index (χ4v) is 3.33. The number of hydrogen-bond donors (Lipinski definition) is 2. The standard InChI is InChI=1S/C18H24FN5O/c1-20-17(25)18(22-16-7-10-21-23(16)2)8-11-24(12-9-18)13-14-3-5-15(19)6-4-14/h3-7,10,22H,8-9,11-13H2,1-2H3,(H,20,25). The number of likely N-dealkylation sites (N-methyl/N-ethyl adjacent to an activating group) is 1. The molecular weight excluding hydrogens is 321 g/mol. The van der Waals surface area contributed by atoms with Crippen LogP contribution in [0.5, 0.6) is 0 Å². The Morgan fingerprint density at radius 1 is 1.24 bits per heavy atom. The number of nitrogens with zero attached hydrogens (tertiary/aromatic N) is 3. The van der Waals surface area contributed by atoms with Crippen LogP contribution in [0.25, 0.3) is 0 Å². The number of aryl methyl sites for hydroxylation is 1. The van der Waals surface area contributed by atoms with Crippen molar-refractivity contribution in [1.29, 1.82) is 0 Å². The first kappa shape index (κ1) is 17.4. The summed E-state index contributed by atoms with van der Waals surface area (Å²) in [6, 6.07) is 8.46. The summed E-state index contributed by atoms with van der Waals surface area (Å²) in [5, 5.41) is 10.3. The Labute approximate surface area is 147 Å². The van der Waals surface area contributed by atoms with Crippen LogP contribution in [0.2, 0.25) is 0 Å². The van der Waals surface area contributed by atoms with E-state index in [-0.39, 0.29) is 11.7 Å². The minimum absolute atomic E-state index is 0.00451. The van der Waals surface area contributed by atoms with Crippen LogP contribution in [0.15, 0.2) is 36.5 Å². The molecule has 1 saturated heterocycles. The minimum atomic E-state index is -0.637. The molecule has 1 aliphatic heterocycles. The number of nitrogens with one attached hydrogen (secondary N) is 2. The Morgan fingerprint density at radius 2 is 1.92 bits per heavy atom. The molecule has 0 spiro atoms. The molecule has 0 saturated carbocycles. The molecule has 2 aromatic rings. The Balaban J connectivity index is 1.68. The molecule has 25 heavy (non-hydrogen) atoms. The molecule has 3 rings (SSSR count). The van der Waals surface area contributed by atoms with E-state index in [1.165, 1.54) is 12.1 Å². The van der Waals surface area contributed by atoms with Crippen molar-refractivity contribution < 1.29 is 9.18 Å². The zero-order valence-electron chi connectivity index (χ0n) is 14.6. The van der Waals surface area contributed by atoms with Gasteiger partial charge in [0.15, 0.2) is 0 Å². The zero-order valence-corrected chi connectivity index (χ0v) is 14.6.